The van der Waals surface area contributed by atoms with Crippen LogP contribution in [0.15, 0.2) is 37.0 Å². The summed E-state index contributed by atoms with van der Waals surface area (Å²) in [6, 6.07) is 8.35. The Morgan fingerprint density at radius 3 is 2.62 bits per heavy atom. The van der Waals surface area contributed by atoms with Crippen LogP contribution in [0, 0.1) is 13.8 Å². The molecule has 0 atom stereocenters. The van der Waals surface area contributed by atoms with Crippen LogP contribution in [0.1, 0.15) is 42.1 Å². The summed E-state index contributed by atoms with van der Waals surface area (Å²) in [6.07, 6.45) is 3.97. The van der Waals surface area contributed by atoms with Gasteiger partial charge in [0.05, 0.1) is 11.0 Å². The van der Waals surface area contributed by atoms with Crippen LogP contribution in [0.4, 0.5) is 0 Å². The van der Waals surface area contributed by atoms with Crippen LogP contribution in [-0.4, -0.2) is 14.5 Å². The van der Waals surface area contributed by atoms with Crippen molar-refractivity contribution in [3.63, 3.8) is 0 Å². The van der Waals surface area contributed by atoms with Gasteiger partial charge in [-0.1, -0.05) is 18.2 Å². The van der Waals surface area contributed by atoms with Gasteiger partial charge >= 0.3 is 0 Å². The van der Waals surface area contributed by atoms with E-state index in [2.05, 4.69) is 61.3 Å². The Hall–Kier alpha value is -2.68. The van der Waals surface area contributed by atoms with Crippen LogP contribution in [0.3, 0.4) is 0 Å². The maximum atomic E-state index is 4.88. The molecule has 24 heavy (non-hydrogen) atoms. The number of pyridine rings is 1. The van der Waals surface area contributed by atoms with Gasteiger partial charge in [-0.25, -0.2) is 4.98 Å². The van der Waals surface area contributed by atoms with Gasteiger partial charge < -0.3 is 4.57 Å². The van der Waals surface area contributed by atoms with Gasteiger partial charge in [0, 0.05) is 18.9 Å². The van der Waals surface area contributed by atoms with Gasteiger partial charge in [0.2, 0.25) is 0 Å². The van der Waals surface area contributed by atoms with Crippen molar-refractivity contribution in [3.05, 3.63) is 65.2 Å². The van der Waals surface area contributed by atoms with Crippen molar-refractivity contribution in [2.75, 3.05) is 0 Å². The molecule has 0 amide bonds. The monoisotopic (exact) mass is 317 g/mol. The van der Waals surface area contributed by atoms with Crippen molar-refractivity contribution in [3.8, 4) is 0 Å². The van der Waals surface area contributed by atoms with Gasteiger partial charge in [-0.15, -0.1) is 0 Å². The SMILES string of the molecule is C=C(C)c1cc(C)c2c(c1)nc(/C(C)=C/c1cccnc1C)n2C. The highest BCUT2D eigenvalue weighted by atomic mass is 15.1. The zero-order valence-electron chi connectivity index (χ0n) is 15.0. The van der Waals surface area contributed by atoms with E-state index in [-0.39, 0.29) is 0 Å². The largest absolute Gasteiger partial charge is 0.327 e. The summed E-state index contributed by atoms with van der Waals surface area (Å²) in [4.78, 5) is 9.23. The molecule has 3 aromatic rings. The van der Waals surface area contributed by atoms with Crippen molar-refractivity contribution >= 4 is 28.3 Å². The fourth-order valence-corrected chi connectivity index (χ4v) is 3.12. The summed E-state index contributed by atoms with van der Waals surface area (Å²) >= 11 is 0. The van der Waals surface area contributed by atoms with E-state index < -0.39 is 0 Å². The summed E-state index contributed by atoms with van der Waals surface area (Å²) in [5.41, 5.74) is 8.89. The van der Waals surface area contributed by atoms with Crippen LogP contribution < -0.4 is 0 Å². The van der Waals surface area contributed by atoms with E-state index in [0.29, 0.717) is 0 Å². The van der Waals surface area contributed by atoms with Crippen LogP contribution in [0.2, 0.25) is 0 Å². The summed E-state index contributed by atoms with van der Waals surface area (Å²) in [5.74, 6) is 0.982. The second-order valence-corrected chi connectivity index (χ2v) is 6.44. The molecule has 0 unspecified atom stereocenters. The predicted octanol–water partition coefficient (Wildman–Crippen LogP) is 5.18. The van der Waals surface area contributed by atoms with Gasteiger partial charge in [-0.3, -0.25) is 4.98 Å². The number of nitrogens with zero attached hydrogens (tertiary/aromatic N) is 3. The average molecular weight is 317 g/mol. The first-order valence-corrected chi connectivity index (χ1v) is 8.11. The molecule has 0 bridgehead atoms. The number of benzene rings is 1. The van der Waals surface area contributed by atoms with Crippen molar-refractivity contribution in [2.45, 2.75) is 27.7 Å². The highest BCUT2D eigenvalue weighted by molar-refractivity contribution is 5.88. The molecule has 122 valence electrons. The number of allylic oxidation sites excluding steroid dienone is 2. The van der Waals surface area contributed by atoms with E-state index >= 15 is 0 Å². The van der Waals surface area contributed by atoms with Crippen molar-refractivity contribution in [1.82, 2.24) is 14.5 Å². The third-order valence-corrected chi connectivity index (χ3v) is 4.43. The minimum absolute atomic E-state index is 0.982. The molecule has 0 spiro atoms. The van der Waals surface area contributed by atoms with Crippen molar-refractivity contribution < 1.29 is 0 Å². The molecular formula is C21H23N3. The first kappa shape index (κ1) is 16.2. The van der Waals surface area contributed by atoms with E-state index in [1.165, 1.54) is 11.1 Å². The number of hydrogen-bond donors (Lipinski definition) is 0. The van der Waals surface area contributed by atoms with E-state index in [1.54, 1.807) is 0 Å². The van der Waals surface area contributed by atoms with Gasteiger partial charge in [0.25, 0.3) is 0 Å². The Morgan fingerprint density at radius 1 is 1.21 bits per heavy atom. The molecule has 2 aromatic heterocycles. The number of rotatable bonds is 3. The zero-order chi connectivity index (χ0) is 17.4. The summed E-state index contributed by atoms with van der Waals surface area (Å²) in [6.45, 7) is 12.3. The molecule has 3 rings (SSSR count). The quantitative estimate of drug-likeness (QED) is 0.666. The highest BCUT2D eigenvalue weighted by Gasteiger charge is 2.13. The van der Waals surface area contributed by atoms with Crippen LogP contribution >= 0.6 is 0 Å². The highest BCUT2D eigenvalue weighted by Crippen LogP contribution is 2.27. The van der Waals surface area contributed by atoms with Crippen molar-refractivity contribution in [1.29, 1.82) is 0 Å². The van der Waals surface area contributed by atoms with Crippen LogP contribution in [0.5, 0.6) is 0 Å². The lowest BCUT2D eigenvalue weighted by atomic mass is 10.0. The molecule has 3 nitrogen and oxygen atoms in total. The molecule has 0 fully saturated rings. The second-order valence-electron chi connectivity index (χ2n) is 6.44. The van der Waals surface area contributed by atoms with E-state index in [0.717, 1.165) is 39.3 Å². The Balaban J connectivity index is 2.17. The molecule has 0 N–H and O–H groups in total. The molecule has 0 aliphatic carbocycles. The minimum atomic E-state index is 0.982. The lowest BCUT2D eigenvalue weighted by molar-refractivity contribution is 0.918. The van der Waals surface area contributed by atoms with Crippen molar-refractivity contribution in [2.24, 2.45) is 7.05 Å². The third-order valence-electron chi connectivity index (χ3n) is 4.43. The zero-order valence-corrected chi connectivity index (χ0v) is 15.0. The lowest BCUT2D eigenvalue weighted by Crippen LogP contribution is -1.97. The smallest absolute Gasteiger partial charge is 0.136 e. The van der Waals surface area contributed by atoms with Gasteiger partial charge in [-0.05, 0) is 74.2 Å². The lowest BCUT2D eigenvalue weighted by Gasteiger charge is -2.06. The fourth-order valence-electron chi connectivity index (χ4n) is 3.12. The topological polar surface area (TPSA) is 30.7 Å². The van der Waals surface area contributed by atoms with E-state index in [4.69, 9.17) is 4.98 Å². The molecule has 1 aromatic carbocycles. The minimum Gasteiger partial charge on any atom is -0.327 e. The molecule has 0 aliphatic rings. The number of aryl methyl sites for hydroxylation is 3. The van der Waals surface area contributed by atoms with Crippen LogP contribution in [0.25, 0.3) is 28.3 Å². The predicted molar refractivity (Wildman–Crippen MR) is 103 cm³/mol. The van der Waals surface area contributed by atoms with E-state index in [1.807, 2.05) is 26.1 Å². The molecule has 2 heterocycles. The van der Waals surface area contributed by atoms with E-state index in [9.17, 15) is 0 Å². The standard InChI is InChI=1S/C21H23N3/c1-13(2)18-10-14(3)20-19(12-18)23-21(24(20)6)15(4)11-17-8-7-9-22-16(17)5/h7-12H,1H2,2-6H3/b15-11+. The third kappa shape index (κ3) is 2.78. The van der Waals surface area contributed by atoms with Crippen LogP contribution in [-0.2, 0) is 7.05 Å². The molecule has 0 saturated carbocycles. The molecule has 0 aliphatic heterocycles. The molecule has 3 heteroatoms. The van der Waals surface area contributed by atoms with Gasteiger partial charge in [0.1, 0.15) is 5.82 Å². The maximum Gasteiger partial charge on any atom is 0.136 e. The molecule has 0 radical (unpaired) electrons. The Morgan fingerprint density at radius 2 is 1.96 bits per heavy atom. The second kappa shape index (κ2) is 6.08. The number of fused-ring (bicyclic) bond motifs is 1. The maximum absolute atomic E-state index is 4.88. The first-order valence-electron chi connectivity index (χ1n) is 8.11. The average Bonchev–Trinajstić information content (AvgIpc) is 2.87. The van der Waals surface area contributed by atoms with Gasteiger partial charge in [-0.2, -0.15) is 0 Å². The molecule has 0 saturated heterocycles. The number of hydrogen-bond acceptors (Lipinski definition) is 2. The first-order chi connectivity index (χ1) is 11.4. The Bertz CT molecular complexity index is 974. The number of imidazole rings is 1. The van der Waals surface area contributed by atoms with Gasteiger partial charge in [0.15, 0.2) is 0 Å². The normalized spacial score (nSPS) is 12.0. The Kier molecular flexibility index (Phi) is 4.10. The summed E-state index contributed by atoms with van der Waals surface area (Å²) < 4.78 is 2.17. The summed E-state index contributed by atoms with van der Waals surface area (Å²) in [7, 11) is 2.07. The Labute approximate surface area is 143 Å². The molecular weight excluding hydrogens is 294 g/mol. The summed E-state index contributed by atoms with van der Waals surface area (Å²) in [5, 5.41) is 0. The number of aromatic nitrogens is 3. The fraction of sp³-hybridized carbons (Fsp3) is 0.238.